The third-order valence-electron chi connectivity index (χ3n) is 6.54. The summed E-state index contributed by atoms with van der Waals surface area (Å²) in [6, 6.07) is 4.74. The highest BCUT2D eigenvalue weighted by molar-refractivity contribution is 7.89. The van der Waals surface area contributed by atoms with E-state index in [4.69, 9.17) is 19.4 Å². The Morgan fingerprint density at radius 1 is 1.02 bits per heavy atom. The van der Waals surface area contributed by atoms with Crippen molar-refractivity contribution in [2.45, 2.75) is 17.5 Å². The number of amides is 1. The van der Waals surface area contributed by atoms with E-state index in [0.717, 1.165) is 39.3 Å². The standard InChI is InChI=1S/C22H37N5O5S.C2HF3O2/c1-24-12-14-25(15-13-24)16-17-27(9-6-22(28)26-10-7-23-8-11-26)33(29,30)21-18-19(31-2)4-5-20(21)32-3;3-2(4,5)1(6)7/h4-5,18,23H,6-17H2,1-3H3;(H,6,7). The maximum Gasteiger partial charge on any atom is 0.490 e. The number of nitrogens with one attached hydrogen (secondary N) is 1. The molecule has 0 spiro atoms. The molecule has 1 aromatic carbocycles. The van der Waals surface area contributed by atoms with Crippen LogP contribution in [-0.4, -0.2) is 144 Å². The minimum atomic E-state index is -5.08. The Bertz CT molecular complexity index is 1080. The lowest BCUT2D eigenvalue weighted by Gasteiger charge is -2.34. The van der Waals surface area contributed by atoms with Crippen molar-refractivity contribution in [1.82, 2.24) is 24.3 Å². The lowest BCUT2D eigenvalue weighted by molar-refractivity contribution is -0.192. The molecule has 2 aliphatic heterocycles. The first kappa shape index (κ1) is 33.5. The van der Waals surface area contributed by atoms with E-state index >= 15 is 0 Å². The van der Waals surface area contributed by atoms with E-state index in [1.54, 1.807) is 17.0 Å². The number of ether oxygens (including phenoxy) is 2. The third-order valence-corrected chi connectivity index (χ3v) is 8.46. The number of carboxylic acids is 1. The van der Waals surface area contributed by atoms with Gasteiger partial charge < -0.3 is 29.7 Å². The highest BCUT2D eigenvalue weighted by Gasteiger charge is 2.38. The van der Waals surface area contributed by atoms with Crippen molar-refractivity contribution >= 4 is 21.9 Å². The molecular weight excluding hydrogens is 559 g/mol. The number of hydrogen-bond donors (Lipinski definition) is 2. The van der Waals surface area contributed by atoms with Crippen molar-refractivity contribution in [2.24, 2.45) is 0 Å². The smallest absolute Gasteiger partial charge is 0.490 e. The van der Waals surface area contributed by atoms with Gasteiger partial charge in [0, 0.05) is 84.5 Å². The fourth-order valence-corrected chi connectivity index (χ4v) is 5.70. The predicted octanol–water partition coefficient (Wildman–Crippen LogP) is 0.397. The number of benzene rings is 1. The van der Waals surface area contributed by atoms with Gasteiger partial charge in [0.2, 0.25) is 15.9 Å². The average molecular weight is 598 g/mol. The number of alkyl halides is 3. The fourth-order valence-electron chi connectivity index (χ4n) is 4.09. The summed E-state index contributed by atoms with van der Waals surface area (Å²) in [6.45, 7) is 7.57. The number of aliphatic carboxylic acids is 1. The van der Waals surface area contributed by atoms with Crippen molar-refractivity contribution in [3.8, 4) is 11.5 Å². The topological polar surface area (TPSA) is 132 Å². The monoisotopic (exact) mass is 597 g/mol. The van der Waals surface area contributed by atoms with Gasteiger partial charge in [0.15, 0.2) is 0 Å². The summed E-state index contributed by atoms with van der Waals surface area (Å²) >= 11 is 0. The van der Waals surface area contributed by atoms with E-state index in [2.05, 4.69) is 22.2 Å². The van der Waals surface area contributed by atoms with Crippen LogP contribution in [0.2, 0.25) is 0 Å². The first-order valence-corrected chi connectivity index (χ1v) is 14.1. The van der Waals surface area contributed by atoms with Crippen molar-refractivity contribution < 1.29 is 45.8 Å². The summed E-state index contributed by atoms with van der Waals surface area (Å²) in [6.07, 6.45) is -4.94. The molecule has 2 aliphatic rings. The van der Waals surface area contributed by atoms with Crippen LogP contribution in [0.4, 0.5) is 13.2 Å². The van der Waals surface area contributed by atoms with Crippen LogP contribution in [0.15, 0.2) is 23.1 Å². The Hall–Kier alpha value is -2.66. The van der Waals surface area contributed by atoms with Gasteiger partial charge in [-0.2, -0.15) is 17.5 Å². The van der Waals surface area contributed by atoms with Crippen LogP contribution in [0.25, 0.3) is 0 Å². The van der Waals surface area contributed by atoms with Crippen molar-refractivity contribution in [2.75, 3.05) is 93.3 Å². The fraction of sp³-hybridized carbons (Fsp3) is 0.667. The van der Waals surface area contributed by atoms with Crippen LogP contribution in [-0.2, 0) is 19.6 Å². The minimum Gasteiger partial charge on any atom is -0.497 e. The molecule has 0 aromatic heterocycles. The van der Waals surface area contributed by atoms with Gasteiger partial charge in [-0.25, -0.2) is 13.2 Å². The molecule has 3 rings (SSSR count). The zero-order valence-electron chi connectivity index (χ0n) is 22.9. The van der Waals surface area contributed by atoms with Gasteiger partial charge in [0.05, 0.1) is 14.2 Å². The third kappa shape index (κ3) is 10.1. The molecule has 2 saturated heterocycles. The number of hydrogen-bond acceptors (Lipinski definition) is 9. The van der Waals surface area contributed by atoms with Crippen molar-refractivity contribution in [3.63, 3.8) is 0 Å². The number of piperazine rings is 2. The zero-order chi connectivity index (χ0) is 29.9. The SMILES string of the molecule is COc1ccc(OC)c(S(=O)(=O)N(CCC(=O)N2CCNCC2)CCN2CCN(C)CC2)c1.O=C(O)C(F)(F)F. The second kappa shape index (κ2) is 15.4. The summed E-state index contributed by atoms with van der Waals surface area (Å²) in [4.78, 5) is 28.0. The molecule has 2 heterocycles. The number of likely N-dealkylation sites (N-methyl/N-ethyl adjacent to an activating group) is 1. The summed E-state index contributed by atoms with van der Waals surface area (Å²) in [7, 11) is 1.13. The molecule has 2 N–H and O–H groups in total. The maximum atomic E-state index is 13.7. The normalized spacial score (nSPS) is 17.2. The van der Waals surface area contributed by atoms with Crippen LogP contribution in [0.1, 0.15) is 6.42 Å². The predicted molar refractivity (Wildman–Crippen MR) is 140 cm³/mol. The molecule has 1 aromatic rings. The van der Waals surface area contributed by atoms with E-state index in [0.29, 0.717) is 31.9 Å². The number of carbonyl (C=O) groups excluding carboxylic acids is 1. The van der Waals surface area contributed by atoms with Gasteiger partial charge in [-0.15, -0.1) is 0 Å². The maximum absolute atomic E-state index is 13.7. The minimum absolute atomic E-state index is 0.0195. The molecule has 0 bridgehead atoms. The van der Waals surface area contributed by atoms with Gasteiger partial charge in [-0.3, -0.25) is 9.69 Å². The number of carbonyl (C=O) groups is 2. The largest absolute Gasteiger partial charge is 0.497 e. The van der Waals surface area contributed by atoms with Gasteiger partial charge in [0.1, 0.15) is 16.4 Å². The Labute approximate surface area is 232 Å². The van der Waals surface area contributed by atoms with Crippen LogP contribution < -0.4 is 14.8 Å². The molecule has 228 valence electrons. The van der Waals surface area contributed by atoms with E-state index in [1.807, 2.05) is 0 Å². The van der Waals surface area contributed by atoms with Crippen LogP contribution in [0.5, 0.6) is 11.5 Å². The Kier molecular flexibility index (Phi) is 12.9. The van der Waals surface area contributed by atoms with Crippen molar-refractivity contribution in [3.05, 3.63) is 18.2 Å². The number of sulfonamides is 1. The lowest BCUT2D eigenvalue weighted by Crippen LogP contribution is -2.49. The highest BCUT2D eigenvalue weighted by atomic mass is 32.2. The highest BCUT2D eigenvalue weighted by Crippen LogP contribution is 2.30. The van der Waals surface area contributed by atoms with Gasteiger partial charge >= 0.3 is 12.1 Å². The Morgan fingerprint density at radius 3 is 2.15 bits per heavy atom. The summed E-state index contributed by atoms with van der Waals surface area (Å²) in [5, 5.41) is 10.4. The van der Waals surface area contributed by atoms with Crippen molar-refractivity contribution in [1.29, 1.82) is 0 Å². The molecule has 0 unspecified atom stereocenters. The molecule has 0 aliphatic carbocycles. The van der Waals surface area contributed by atoms with E-state index in [1.165, 1.54) is 24.6 Å². The second-order valence-corrected chi connectivity index (χ2v) is 11.2. The van der Waals surface area contributed by atoms with Gasteiger partial charge in [0.25, 0.3) is 0 Å². The van der Waals surface area contributed by atoms with Crippen LogP contribution in [0, 0.1) is 0 Å². The Morgan fingerprint density at radius 2 is 1.62 bits per heavy atom. The Balaban J connectivity index is 0.000000708. The van der Waals surface area contributed by atoms with Gasteiger partial charge in [-0.05, 0) is 19.2 Å². The molecule has 0 saturated carbocycles. The number of rotatable bonds is 10. The first-order chi connectivity index (χ1) is 18.8. The molecular formula is C24H38F3N5O7S. The molecule has 16 heteroatoms. The average Bonchev–Trinajstić information content (AvgIpc) is 2.93. The van der Waals surface area contributed by atoms with E-state index in [9.17, 15) is 26.4 Å². The number of carboxylic acid groups (broad SMARTS) is 1. The molecule has 1 amide bonds. The second-order valence-electron chi connectivity index (χ2n) is 9.25. The molecule has 2 fully saturated rings. The van der Waals surface area contributed by atoms with Crippen LogP contribution >= 0.6 is 0 Å². The van der Waals surface area contributed by atoms with E-state index < -0.39 is 22.2 Å². The van der Waals surface area contributed by atoms with E-state index in [-0.39, 0.29) is 29.5 Å². The van der Waals surface area contributed by atoms with Gasteiger partial charge in [-0.1, -0.05) is 0 Å². The number of methoxy groups -OCH3 is 2. The summed E-state index contributed by atoms with van der Waals surface area (Å²) < 4.78 is 71.2. The number of nitrogens with zero attached hydrogens (tertiary/aromatic N) is 4. The molecule has 0 atom stereocenters. The zero-order valence-corrected chi connectivity index (χ0v) is 23.8. The first-order valence-electron chi connectivity index (χ1n) is 12.7. The quantitative estimate of drug-likeness (QED) is 0.391. The summed E-state index contributed by atoms with van der Waals surface area (Å²) in [5.41, 5.74) is 0. The summed E-state index contributed by atoms with van der Waals surface area (Å²) in [5.74, 6) is -2.08. The lowest BCUT2D eigenvalue weighted by atomic mass is 10.3. The molecule has 40 heavy (non-hydrogen) atoms. The molecule has 0 radical (unpaired) electrons. The number of halogens is 3. The molecule has 12 nitrogen and oxygen atoms in total. The van der Waals surface area contributed by atoms with Crippen LogP contribution in [0.3, 0.4) is 0 Å².